The number of hydrogen-bond donors (Lipinski definition) is 2. The summed E-state index contributed by atoms with van der Waals surface area (Å²) in [5, 5.41) is 8.34. The molecule has 0 atom stereocenters. The molecule has 2 aromatic carbocycles. The maximum Gasteiger partial charge on any atom is 0.255 e. The van der Waals surface area contributed by atoms with Crippen molar-refractivity contribution in [1.29, 1.82) is 0 Å². The molecule has 1 aliphatic rings. The lowest BCUT2D eigenvalue weighted by Gasteiger charge is -2.22. The van der Waals surface area contributed by atoms with Gasteiger partial charge in [0.05, 0.1) is 19.8 Å². The number of carbonyl (C=O) groups excluding carboxylic acids is 1. The Bertz CT molecular complexity index is 760. The fourth-order valence-corrected chi connectivity index (χ4v) is 3.73. The molecule has 27 heavy (non-hydrogen) atoms. The van der Waals surface area contributed by atoms with Crippen molar-refractivity contribution in [1.82, 2.24) is 10.6 Å². The van der Waals surface area contributed by atoms with Gasteiger partial charge < -0.3 is 20.1 Å². The highest BCUT2D eigenvalue weighted by Gasteiger charge is 2.17. The molecule has 2 N–H and O–H groups in total. The fraction of sp³-hybridized carbons (Fsp3) is 0.476. The van der Waals surface area contributed by atoms with Gasteiger partial charge in [-0.2, -0.15) is 0 Å². The first-order valence-electron chi connectivity index (χ1n) is 9.40. The highest BCUT2D eigenvalue weighted by molar-refractivity contribution is 6.05. The summed E-state index contributed by atoms with van der Waals surface area (Å²) in [6.45, 7) is 1.40. The number of methoxy groups -OCH3 is 2. The van der Waals surface area contributed by atoms with Crippen LogP contribution in [0.3, 0.4) is 0 Å². The molecule has 0 spiro atoms. The molecule has 0 unspecified atom stereocenters. The summed E-state index contributed by atoms with van der Waals surface area (Å²) in [6, 6.07) is 10.1. The number of rotatable bonds is 7. The van der Waals surface area contributed by atoms with E-state index in [1.165, 1.54) is 32.1 Å². The van der Waals surface area contributed by atoms with E-state index in [2.05, 4.69) is 10.6 Å². The number of nitrogens with one attached hydrogen (secondary N) is 2. The van der Waals surface area contributed by atoms with Crippen LogP contribution in [-0.2, 0) is 0 Å². The second kappa shape index (κ2) is 10.4. The Kier molecular flexibility index (Phi) is 8.20. The number of hydrogen-bond acceptors (Lipinski definition) is 4. The Labute approximate surface area is 167 Å². The average Bonchev–Trinajstić information content (AvgIpc) is 2.70. The zero-order chi connectivity index (χ0) is 18.4. The first-order valence-corrected chi connectivity index (χ1v) is 9.40. The third-order valence-corrected chi connectivity index (χ3v) is 5.09. The molecule has 0 aromatic heterocycles. The van der Waals surface area contributed by atoms with Crippen molar-refractivity contribution >= 4 is 29.1 Å². The van der Waals surface area contributed by atoms with E-state index in [-0.39, 0.29) is 18.3 Å². The van der Waals surface area contributed by atoms with Crippen LogP contribution in [0.25, 0.3) is 10.8 Å². The Morgan fingerprint density at radius 1 is 1.00 bits per heavy atom. The number of carbonyl (C=O) groups is 1. The molecule has 6 heteroatoms. The maximum atomic E-state index is 12.6. The van der Waals surface area contributed by atoms with E-state index in [1.807, 2.05) is 24.3 Å². The summed E-state index contributed by atoms with van der Waals surface area (Å²) in [5.74, 6) is 1.24. The van der Waals surface area contributed by atoms with Gasteiger partial charge in [0, 0.05) is 29.9 Å². The Hall–Kier alpha value is -1.98. The lowest BCUT2D eigenvalue weighted by Crippen LogP contribution is -2.38. The summed E-state index contributed by atoms with van der Waals surface area (Å²) in [5.41, 5.74) is 0.547. The van der Waals surface area contributed by atoms with Crippen LogP contribution in [0.15, 0.2) is 30.3 Å². The van der Waals surface area contributed by atoms with Gasteiger partial charge in [0.15, 0.2) is 0 Å². The predicted octanol–water partition coefficient (Wildman–Crippen LogP) is 3.93. The third kappa shape index (κ3) is 5.05. The minimum Gasteiger partial charge on any atom is -0.496 e. The second-order valence-corrected chi connectivity index (χ2v) is 6.75. The molecule has 1 aliphatic carbocycles. The summed E-state index contributed by atoms with van der Waals surface area (Å²) < 4.78 is 10.9. The zero-order valence-corrected chi connectivity index (χ0v) is 16.9. The molecule has 0 saturated heterocycles. The summed E-state index contributed by atoms with van der Waals surface area (Å²) >= 11 is 0. The van der Waals surface area contributed by atoms with Crippen molar-refractivity contribution in [2.45, 2.75) is 38.1 Å². The number of benzene rings is 2. The van der Waals surface area contributed by atoms with E-state index in [1.54, 1.807) is 20.3 Å². The summed E-state index contributed by atoms with van der Waals surface area (Å²) in [7, 11) is 3.23. The lowest BCUT2D eigenvalue weighted by atomic mass is 9.95. The van der Waals surface area contributed by atoms with Crippen molar-refractivity contribution in [2.75, 3.05) is 27.3 Å². The van der Waals surface area contributed by atoms with Crippen LogP contribution in [0.1, 0.15) is 42.5 Å². The standard InChI is InChI=1S/C21H28N2O3.ClH/c1-25-19-10-6-9-17-16(19)11-12-18(20(17)26-2)21(24)23-14-13-22-15-7-4-3-5-8-15;/h6,9-12,15,22H,3-5,7-8,13-14H2,1-2H3,(H,23,24);1H. The molecular weight excluding hydrogens is 364 g/mol. The number of amides is 1. The Morgan fingerprint density at radius 3 is 2.48 bits per heavy atom. The van der Waals surface area contributed by atoms with E-state index in [0.29, 0.717) is 23.9 Å². The highest BCUT2D eigenvalue weighted by Crippen LogP contribution is 2.34. The van der Waals surface area contributed by atoms with Gasteiger partial charge in [-0.25, -0.2) is 0 Å². The van der Waals surface area contributed by atoms with Crippen LogP contribution in [0.2, 0.25) is 0 Å². The van der Waals surface area contributed by atoms with E-state index >= 15 is 0 Å². The van der Waals surface area contributed by atoms with Gasteiger partial charge in [0.1, 0.15) is 11.5 Å². The van der Waals surface area contributed by atoms with Gasteiger partial charge in [-0.3, -0.25) is 4.79 Å². The minimum atomic E-state index is -0.114. The second-order valence-electron chi connectivity index (χ2n) is 6.75. The van der Waals surface area contributed by atoms with E-state index in [0.717, 1.165) is 23.1 Å². The molecule has 0 aliphatic heterocycles. The van der Waals surface area contributed by atoms with Crippen LogP contribution < -0.4 is 20.1 Å². The number of ether oxygens (including phenoxy) is 2. The van der Waals surface area contributed by atoms with Gasteiger partial charge in [-0.15, -0.1) is 12.4 Å². The smallest absolute Gasteiger partial charge is 0.255 e. The molecule has 0 heterocycles. The van der Waals surface area contributed by atoms with Crippen molar-refractivity contribution in [3.05, 3.63) is 35.9 Å². The monoisotopic (exact) mass is 392 g/mol. The molecule has 0 bridgehead atoms. The highest BCUT2D eigenvalue weighted by atomic mass is 35.5. The van der Waals surface area contributed by atoms with Crippen LogP contribution in [0.5, 0.6) is 11.5 Å². The zero-order valence-electron chi connectivity index (χ0n) is 16.0. The van der Waals surface area contributed by atoms with Gasteiger partial charge in [0.2, 0.25) is 0 Å². The Morgan fingerprint density at radius 2 is 1.78 bits per heavy atom. The first-order chi connectivity index (χ1) is 12.7. The van der Waals surface area contributed by atoms with Crippen molar-refractivity contribution in [3.8, 4) is 11.5 Å². The van der Waals surface area contributed by atoms with E-state index in [4.69, 9.17) is 9.47 Å². The lowest BCUT2D eigenvalue weighted by molar-refractivity contribution is 0.0950. The van der Waals surface area contributed by atoms with Crippen molar-refractivity contribution in [2.24, 2.45) is 0 Å². The molecular formula is C21H29ClN2O3. The van der Waals surface area contributed by atoms with E-state index < -0.39 is 0 Å². The topological polar surface area (TPSA) is 59.6 Å². The van der Waals surface area contributed by atoms with Crippen molar-refractivity contribution < 1.29 is 14.3 Å². The predicted molar refractivity (Wildman–Crippen MR) is 112 cm³/mol. The molecule has 1 fully saturated rings. The van der Waals surface area contributed by atoms with Gasteiger partial charge in [0.25, 0.3) is 5.91 Å². The number of halogens is 1. The molecule has 5 nitrogen and oxygen atoms in total. The first kappa shape index (κ1) is 21.3. The van der Waals surface area contributed by atoms with Gasteiger partial charge >= 0.3 is 0 Å². The average molecular weight is 393 g/mol. The molecule has 1 saturated carbocycles. The normalized spacial score (nSPS) is 14.4. The van der Waals surface area contributed by atoms with E-state index in [9.17, 15) is 4.79 Å². The molecule has 0 radical (unpaired) electrons. The largest absolute Gasteiger partial charge is 0.496 e. The summed E-state index contributed by atoms with van der Waals surface area (Å²) in [4.78, 5) is 12.6. The minimum absolute atomic E-state index is 0. The molecule has 1 amide bonds. The molecule has 148 valence electrons. The molecule has 3 rings (SSSR count). The van der Waals surface area contributed by atoms with Gasteiger partial charge in [-0.05, 0) is 31.0 Å². The number of fused-ring (bicyclic) bond motifs is 1. The third-order valence-electron chi connectivity index (χ3n) is 5.09. The van der Waals surface area contributed by atoms with Crippen LogP contribution >= 0.6 is 12.4 Å². The Balaban J connectivity index is 0.00000261. The van der Waals surface area contributed by atoms with Crippen LogP contribution in [-0.4, -0.2) is 39.3 Å². The maximum absolute atomic E-state index is 12.6. The van der Waals surface area contributed by atoms with Crippen molar-refractivity contribution in [3.63, 3.8) is 0 Å². The molecule has 2 aromatic rings. The SMILES string of the molecule is COc1cccc2c(OC)c(C(=O)NCCNC3CCCCC3)ccc12.Cl. The van der Waals surface area contributed by atoms with Gasteiger partial charge in [-0.1, -0.05) is 31.4 Å². The fourth-order valence-electron chi connectivity index (χ4n) is 3.73. The van der Waals surface area contributed by atoms with Crippen LogP contribution in [0, 0.1) is 0 Å². The summed E-state index contributed by atoms with van der Waals surface area (Å²) in [6.07, 6.45) is 6.45. The van der Waals surface area contributed by atoms with Crippen LogP contribution in [0.4, 0.5) is 0 Å². The quantitative estimate of drug-likeness (QED) is 0.701.